The largest absolute Gasteiger partial charge is 0.304 e. The van der Waals surface area contributed by atoms with Gasteiger partial charge in [0.05, 0.1) is 10.7 Å². The molecule has 2 heterocycles. The van der Waals surface area contributed by atoms with Gasteiger partial charge in [0, 0.05) is 17.5 Å². The van der Waals surface area contributed by atoms with Crippen molar-refractivity contribution in [3.8, 4) is 0 Å². The fourth-order valence-corrected chi connectivity index (χ4v) is 3.21. The molecular weight excluding hydrogens is 236 g/mol. The van der Waals surface area contributed by atoms with Crippen molar-refractivity contribution in [1.82, 2.24) is 10.3 Å². The summed E-state index contributed by atoms with van der Waals surface area (Å²) in [4.78, 5) is 5.84. The molecule has 16 heavy (non-hydrogen) atoms. The minimum atomic E-state index is 0.396. The van der Waals surface area contributed by atoms with Gasteiger partial charge in [0.1, 0.15) is 0 Å². The topological polar surface area (TPSA) is 24.9 Å². The van der Waals surface area contributed by atoms with E-state index >= 15 is 0 Å². The van der Waals surface area contributed by atoms with E-state index in [-0.39, 0.29) is 0 Å². The van der Waals surface area contributed by atoms with E-state index in [0.29, 0.717) is 6.04 Å². The monoisotopic (exact) mass is 252 g/mol. The highest BCUT2D eigenvalue weighted by molar-refractivity contribution is 7.11. The van der Waals surface area contributed by atoms with Crippen LogP contribution in [-0.4, -0.2) is 4.98 Å². The lowest BCUT2D eigenvalue weighted by molar-refractivity contribution is 0.569. The Balaban J connectivity index is 1.95. The predicted octanol–water partition coefficient (Wildman–Crippen LogP) is 3.67. The molecule has 0 radical (unpaired) electrons. The average molecular weight is 252 g/mol. The maximum absolute atomic E-state index is 4.52. The molecule has 0 amide bonds. The number of hydrogen-bond acceptors (Lipinski definition) is 4. The van der Waals surface area contributed by atoms with Crippen LogP contribution in [0.25, 0.3) is 0 Å². The molecule has 4 heteroatoms. The van der Waals surface area contributed by atoms with E-state index < -0.39 is 0 Å². The molecule has 2 aromatic rings. The van der Waals surface area contributed by atoms with Crippen LogP contribution in [-0.2, 0) is 6.54 Å². The molecule has 0 aliphatic carbocycles. The molecule has 2 aromatic heterocycles. The van der Waals surface area contributed by atoms with Gasteiger partial charge in [-0.25, -0.2) is 4.98 Å². The number of nitrogens with zero attached hydrogens (tertiary/aromatic N) is 1. The molecule has 1 atom stereocenters. The third-order valence-corrected chi connectivity index (χ3v) is 4.25. The first-order valence-corrected chi connectivity index (χ1v) is 7.11. The van der Waals surface area contributed by atoms with Crippen LogP contribution in [0.2, 0.25) is 0 Å². The minimum absolute atomic E-state index is 0.396. The molecule has 0 fully saturated rings. The highest BCUT2D eigenvalue weighted by Crippen LogP contribution is 2.19. The molecule has 0 aromatic carbocycles. The van der Waals surface area contributed by atoms with E-state index in [9.17, 15) is 0 Å². The van der Waals surface area contributed by atoms with Gasteiger partial charge in [-0.05, 0) is 43.2 Å². The Morgan fingerprint density at radius 2 is 2.25 bits per heavy atom. The summed E-state index contributed by atoms with van der Waals surface area (Å²) in [5.74, 6) is 0. The average Bonchev–Trinajstić information content (AvgIpc) is 2.84. The lowest BCUT2D eigenvalue weighted by Crippen LogP contribution is -2.18. The fourth-order valence-electron chi connectivity index (χ4n) is 1.63. The smallest absolute Gasteiger partial charge is 0.0900 e. The Bertz CT molecular complexity index is 446. The quantitative estimate of drug-likeness (QED) is 0.898. The summed E-state index contributed by atoms with van der Waals surface area (Å²) < 4.78 is 0. The van der Waals surface area contributed by atoms with Crippen LogP contribution in [0.3, 0.4) is 0 Å². The van der Waals surface area contributed by atoms with Crippen molar-refractivity contribution < 1.29 is 0 Å². The molecule has 0 aliphatic rings. The van der Waals surface area contributed by atoms with Gasteiger partial charge in [-0.15, -0.1) is 11.3 Å². The first kappa shape index (κ1) is 11.8. The second-order valence-electron chi connectivity index (χ2n) is 3.90. The lowest BCUT2D eigenvalue weighted by atomic mass is 10.2. The van der Waals surface area contributed by atoms with Crippen molar-refractivity contribution in [3.63, 3.8) is 0 Å². The summed E-state index contributed by atoms with van der Waals surface area (Å²) in [6.07, 6.45) is 0. The molecule has 86 valence electrons. The third-order valence-electron chi connectivity index (χ3n) is 2.62. The maximum Gasteiger partial charge on any atom is 0.0900 e. The molecule has 0 spiro atoms. The van der Waals surface area contributed by atoms with E-state index in [1.165, 1.54) is 16.1 Å². The summed E-state index contributed by atoms with van der Waals surface area (Å²) >= 11 is 3.51. The van der Waals surface area contributed by atoms with Crippen molar-refractivity contribution in [1.29, 1.82) is 0 Å². The number of aryl methyl sites for hydroxylation is 2. The Morgan fingerprint density at radius 1 is 1.44 bits per heavy atom. The van der Waals surface area contributed by atoms with Crippen molar-refractivity contribution >= 4 is 22.7 Å². The van der Waals surface area contributed by atoms with Crippen LogP contribution < -0.4 is 5.32 Å². The molecule has 0 aliphatic heterocycles. The Kier molecular flexibility index (Phi) is 3.74. The number of thiazole rings is 1. The van der Waals surface area contributed by atoms with E-state index in [4.69, 9.17) is 0 Å². The standard InChI is InChI=1S/C12H16N2S2/c1-8(11-4-5-15-7-11)13-6-12-9(2)16-10(3)14-12/h4-5,7-8,13H,6H2,1-3H3/t8-/m1/s1. The summed E-state index contributed by atoms with van der Waals surface area (Å²) in [6, 6.07) is 2.56. The number of aromatic nitrogens is 1. The molecule has 0 unspecified atom stereocenters. The van der Waals surface area contributed by atoms with Crippen LogP contribution in [0, 0.1) is 13.8 Å². The van der Waals surface area contributed by atoms with Crippen molar-refractivity contribution in [2.75, 3.05) is 0 Å². The van der Waals surface area contributed by atoms with Gasteiger partial charge in [0.25, 0.3) is 0 Å². The van der Waals surface area contributed by atoms with Gasteiger partial charge in [-0.3, -0.25) is 0 Å². The molecule has 1 N–H and O–H groups in total. The Morgan fingerprint density at radius 3 is 2.81 bits per heavy atom. The first-order chi connectivity index (χ1) is 7.66. The first-order valence-electron chi connectivity index (χ1n) is 5.35. The van der Waals surface area contributed by atoms with Crippen LogP contribution in [0.4, 0.5) is 0 Å². The van der Waals surface area contributed by atoms with Crippen LogP contribution in [0.15, 0.2) is 16.8 Å². The second kappa shape index (κ2) is 5.08. The van der Waals surface area contributed by atoms with E-state index in [1.54, 1.807) is 22.7 Å². The minimum Gasteiger partial charge on any atom is -0.304 e. The molecular formula is C12H16N2S2. The van der Waals surface area contributed by atoms with Gasteiger partial charge in [-0.2, -0.15) is 11.3 Å². The summed E-state index contributed by atoms with van der Waals surface area (Å²) in [7, 11) is 0. The van der Waals surface area contributed by atoms with Crippen molar-refractivity contribution in [2.24, 2.45) is 0 Å². The third kappa shape index (κ3) is 2.70. The van der Waals surface area contributed by atoms with Crippen LogP contribution in [0.1, 0.15) is 34.1 Å². The highest BCUT2D eigenvalue weighted by Gasteiger charge is 2.08. The number of rotatable bonds is 4. The fraction of sp³-hybridized carbons (Fsp3) is 0.417. The summed E-state index contributed by atoms with van der Waals surface area (Å²) in [5.41, 5.74) is 2.54. The van der Waals surface area contributed by atoms with Crippen LogP contribution in [0.5, 0.6) is 0 Å². The number of nitrogens with one attached hydrogen (secondary N) is 1. The molecule has 0 saturated heterocycles. The number of hydrogen-bond donors (Lipinski definition) is 1. The van der Waals surface area contributed by atoms with E-state index in [2.05, 4.69) is 47.9 Å². The second-order valence-corrected chi connectivity index (χ2v) is 6.08. The zero-order valence-corrected chi connectivity index (χ0v) is 11.4. The van der Waals surface area contributed by atoms with Gasteiger partial charge >= 0.3 is 0 Å². The van der Waals surface area contributed by atoms with E-state index in [0.717, 1.165) is 11.6 Å². The highest BCUT2D eigenvalue weighted by atomic mass is 32.1. The molecule has 2 nitrogen and oxygen atoms in total. The molecule has 0 bridgehead atoms. The maximum atomic E-state index is 4.52. The van der Waals surface area contributed by atoms with Gasteiger partial charge in [0.15, 0.2) is 0 Å². The number of thiophene rings is 1. The zero-order valence-electron chi connectivity index (χ0n) is 9.78. The summed E-state index contributed by atoms with van der Waals surface area (Å²) in [5, 5.41) is 8.96. The normalized spacial score (nSPS) is 12.9. The van der Waals surface area contributed by atoms with Crippen LogP contribution >= 0.6 is 22.7 Å². The van der Waals surface area contributed by atoms with Gasteiger partial charge in [-0.1, -0.05) is 0 Å². The van der Waals surface area contributed by atoms with Gasteiger partial charge < -0.3 is 5.32 Å². The Hall–Kier alpha value is -0.710. The lowest BCUT2D eigenvalue weighted by Gasteiger charge is -2.11. The van der Waals surface area contributed by atoms with Crippen molar-refractivity contribution in [2.45, 2.75) is 33.4 Å². The zero-order chi connectivity index (χ0) is 11.5. The SMILES string of the molecule is Cc1nc(CN[C@H](C)c2ccsc2)c(C)s1. The predicted molar refractivity (Wildman–Crippen MR) is 71.2 cm³/mol. The van der Waals surface area contributed by atoms with E-state index in [1.807, 2.05) is 0 Å². The van der Waals surface area contributed by atoms with Crippen molar-refractivity contribution in [3.05, 3.63) is 38.0 Å². The molecule has 0 saturated carbocycles. The van der Waals surface area contributed by atoms with Gasteiger partial charge in [0.2, 0.25) is 0 Å². The molecule has 2 rings (SSSR count). The summed E-state index contributed by atoms with van der Waals surface area (Å²) in [6.45, 7) is 7.24. The Labute approximate surface area is 104 Å².